The van der Waals surface area contributed by atoms with Crippen LogP contribution in [0.5, 0.6) is 0 Å². The van der Waals surface area contributed by atoms with Crippen molar-refractivity contribution in [1.82, 2.24) is 9.78 Å². The van der Waals surface area contributed by atoms with Gasteiger partial charge in [0, 0.05) is 31.5 Å². The number of halogens is 3. The van der Waals surface area contributed by atoms with Gasteiger partial charge in [-0.25, -0.2) is 27.4 Å². The predicted molar refractivity (Wildman–Crippen MR) is 78.9 cm³/mol. The molecule has 134 valence electrons. The van der Waals surface area contributed by atoms with Gasteiger partial charge in [-0.2, -0.15) is 5.10 Å². The van der Waals surface area contributed by atoms with Crippen LogP contribution in [0.25, 0.3) is 0 Å². The highest BCUT2D eigenvalue weighted by Gasteiger charge is 2.42. The first-order chi connectivity index (χ1) is 11.8. The molecule has 7 nitrogen and oxygen atoms in total. The summed E-state index contributed by atoms with van der Waals surface area (Å²) in [6.45, 7) is 2.74. The Bertz CT molecular complexity index is 759. The average Bonchev–Trinajstić information content (AvgIpc) is 3.06. The molecule has 0 aliphatic heterocycles. The highest BCUT2D eigenvalue weighted by Crippen LogP contribution is 2.23. The van der Waals surface area contributed by atoms with Gasteiger partial charge in [-0.05, 0) is 13.0 Å². The molecule has 1 atom stereocenters. The maximum Gasteiger partial charge on any atom is 0.414 e. The maximum atomic E-state index is 13.6. The summed E-state index contributed by atoms with van der Waals surface area (Å²) in [5.41, 5.74) is -2.94. The van der Waals surface area contributed by atoms with Crippen LogP contribution in [0, 0.1) is 17.5 Å². The summed E-state index contributed by atoms with van der Waals surface area (Å²) in [5, 5.41) is 5.61. The summed E-state index contributed by atoms with van der Waals surface area (Å²) in [4.78, 5) is 24.2. The molecule has 25 heavy (non-hydrogen) atoms. The number of carbonyl (C=O) groups is 2. The molecular formula is C15H14F3N3O4. The number of hydrogen-bond donors (Lipinski definition) is 1. The van der Waals surface area contributed by atoms with E-state index in [1.807, 2.05) is 0 Å². The molecular weight excluding hydrogens is 343 g/mol. The SMILES string of the molecule is CCOC(=O)C(C)(OC(=O)Nc1c(F)cc(F)cc1F)n1cccn1. The van der Waals surface area contributed by atoms with E-state index in [9.17, 15) is 22.8 Å². The second-order valence-corrected chi connectivity index (χ2v) is 4.91. The lowest BCUT2D eigenvalue weighted by Gasteiger charge is -2.27. The van der Waals surface area contributed by atoms with Crippen LogP contribution < -0.4 is 5.32 Å². The van der Waals surface area contributed by atoms with Gasteiger partial charge in [-0.3, -0.25) is 5.32 Å². The molecule has 2 aromatic rings. The molecule has 0 saturated heterocycles. The minimum absolute atomic E-state index is 0.00187. The van der Waals surface area contributed by atoms with Gasteiger partial charge in [0.2, 0.25) is 0 Å². The number of aromatic nitrogens is 2. The normalized spacial score (nSPS) is 13.0. The third kappa shape index (κ3) is 3.90. The highest BCUT2D eigenvalue weighted by atomic mass is 19.1. The predicted octanol–water partition coefficient (Wildman–Crippen LogP) is 2.78. The van der Waals surface area contributed by atoms with E-state index in [0.717, 1.165) is 4.68 Å². The van der Waals surface area contributed by atoms with Gasteiger partial charge in [0.05, 0.1) is 6.61 Å². The lowest BCUT2D eigenvalue weighted by Crippen LogP contribution is -2.46. The molecule has 0 aliphatic rings. The van der Waals surface area contributed by atoms with Crippen molar-refractivity contribution >= 4 is 17.7 Å². The fraction of sp³-hybridized carbons (Fsp3) is 0.267. The summed E-state index contributed by atoms with van der Waals surface area (Å²) in [5.74, 6) is -4.78. The summed E-state index contributed by atoms with van der Waals surface area (Å²) in [7, 11) is 0. The van der Waals surface area contributed by atoms with Crippen LogP contribution in [0.3, 0.4) is 0 Å². The van der Waals surface area contributed by atoms with E-state index < -0.39 is 40.9 Å². The van der Waals surface area contributed by atoms with Gasteiger partial charge in [0.25, 0.3) is 0 Å². The van der Waals surface area contributed by atoms with Gasteiger partial charge in [-0.1, -0.05) is 0 Å². The van der Waals surface area contributed by atoms with E-state index in [4.69, 9.17) is 9.47 Å². The monoisotopic (exact) mass is 357 g/mol. The number of carbonyl (C=O) groups excluding carboxylic acids is 2. The van der Waals surface area contributed by atoms with Gasteiger partial charge in [0.1, 0.15) is 11.5 Å². The first-order valence-corrected chi connectivity index (χ1v) is 7.09. The highest BCUT2D eigenvalue weighted by molar-refractivity contribution is 5.88. The van der Waals surface area contributed by atoms with Gasteiger partial charge < -0.3 is 9.47 Å². The fourth-order valence-electron chi connectivity index (χ4n) is 1.94. The number of amides is 1. The molecule has 0 saturated carbocycles. The van der Waals surface area contributed by atoms with Gasteiger partial charge in [0.15, 0.2) is 11.6 Å². The van der Waals surface area contributed by atoms with Crippen LogP contribution in [-0.4, -0.2) is 28.4 Å². The van der Waals surface area contributed by atoms with E-state index in [1.54, 1.807) is 12.2 Å². The Balaban J connectivity index is 2.25. The summed E-state index contributed by atoms with van der Waals surface area (Å²) >= 11 is 0. The molecule has 0 aliphatic carbocycles. The average molecular weight is 357 g/mol. The Morgan fingerprint density at radius 2 is 1.92 bits per heavy atom. The zero-order chi connectivity index (χ0) is 18.6. The van der Waals surface area contributed by atoms with Gasteiger partial charge in [-0.15, -0.1) is 0 Å². The quantitative estimate of drug-likeness (QED) is 0.832. The standard InChI is InChI=1S/C15H14F3N3O4/c1-3-24-13(22)15(2,21-6-4-5-19-21)25-14(23)20-12-10(17)7-9(16)8-11(12)18/h4-8H,3H2,1-2H3,(H,20,23). The lowest BCUT2D eigenvalue weighted by atomic mass is 10.2. The van der Waals surface area contributed by atoms with Crippen molar-refractivity contribution < 1.29 is 32.2 Å². The Morgan fingerprint density at radius 3 is 2.44 bits per heavy atom. The molecule has 1 unspecified atom stereocenters. The minimum Gasteiger partial charge on any atom is -0.462 e. The third-order valence-electron chi connectivity index (χ3n) is 3.12. The van der Waals surface area contributed by atoms with Crippen molar-refractivity contribution in [2.24, 2.45) is 0 Å². The van der Waals surface area contributed by atoms with Gasteiger partial charge >= 0.3 is 17.8 Å². The van der Waals surface area contributed by atoms with Crippen LogP contribution >= 0.6 is 0 Å². The largest absolute Gasteiger partial charge is 0.462 e. The number of nitrogens with one attached hydrogen (secondary N) is 1. The molecule has 10 heteroatoms. The molecule has 1 heterocycles. The van der Waals surface area contributed by atoms with Crippen LogP contribution in [0.1, 0.15) is 13.8 Å². The third-order valence-corrected chi connectivity index (χ3v) is 3.12. The Labute approximate surface area is 140 Å². The first-order valence-electron chi connectivity index (χ1n) is 7.09. The van der Waals surface area contributed by atoms with E-state index >= 15 is 0 Å². The topological polar surface area (TPSA) is 82.5 Å². The molecule has 2 rings (SSSR count). The summed E-state index contributed by atoms with van der Waals surface area (Å²) in [6, 6.07) is 2.24. The Hall–Kier alpha value is -3.04. The van der Waals surface area contributed by atoms with Crippen LogP contribution in [0.15, 0.2) is 30.6 Å². The fourth-order valence-corrected chi connectivity index (χ4v) is 1.94. The maximum absolute atomic E-state index is 13.6. The number of nitrogens with zero attached hydrogens (tertiary/aromatic N) is 2. The number of esters is 1. The van der Waals surface area contributed by atoms with Crippen LogP contribution in [0.2, 0.25) is 0 Å². The number of anilines is 1. The summed E-state index contributed by atoms with van der Waals surface area (Å²) in [6.07, 6.45) is 1.30. The number of hydrogen-bond acceptors (Lipinski definition) is 5. The second-order valence-electron chi connectivity index (χ2n) is 4.91. The number of benzene rings is 1. The lowest BCUT2D eigenvalue weighted by molar-refractivity contribution is -0.175. The molecule has 1 amide bonds. The van der Waals surface area contributed by atoms with Crippen molar-refractivity contribution in [3.63, 3.8) is 0 Å². The zero-order valence-electron chi connectivity index (χ0n) is 13.3. The first kappa shape index (κ1) is 18.3. The minimum atomic E-state index is -2.02. The smallest absolute Gasteiger partial charge is 0.414 e. The van der Waals surface area contributed by atoms with Crippen molar-refractivity contribution in [3.05, 3.63) is 48.0 Å². The van der Waals surface area contributed by atoms with E-state index in [-0.39, 0.29) is 6.61 Å². The zero-order valence-corrected chi connectivity index (χ0v) is 13.3. The van der Waals surface area contributed by atoms with Crippen LogP contribution in [0.4, 0.5) is 23.7 Å². The Morgan fingerprint density at radius 1 is 1.28 bits per heavy atom. The molecule has 1 N–H and O–H groups in total. The number of ether oxygens (including phenoxy) is 2. The summed E-state index contributed by atoms with van der Waals surface area (Å²) < 4.78 is 50.9. The molecule has 0 spiro atoms. The van der Waals surface area contributed by atoms with Crippen molar-refractivity contribution in [3.8, 4) is 0 Å². The van der Waals surface area contributed by atoms with Crippen LogP contribution in [-0.2, 0) is 20.0 Å². The van der Waals surface area contributed by atoms with E-state index in [0.29, 0.717) is 12.1 Å². The van der Waals surface area contributed by atoms with E-state index in [2.05, 4.69) is 5.10 Å². The molecule has 1 aromatic heterocycles. The van der Waals surface area contributed by atoms with Crippen molar-refractivity contribution in [2.45, 2.75) is 19.6 Å². The van der Waals surface area contributed by atoms with Crippen molar-refractivity contribution in [2.75, 3.05) is 11.9 Å². The molecule has 0 radical (unpaired) electrons. The Kier molecular flexibility index (Phi) is 5.30. The molecule has 0 bridgehead atoms. The van der Waals surface area contributed by atoms with Crippen molar-refractivity contribution in [1.29, 1.82) is 0 Å². The number of rotatable bonds is 5. The van der Waals surface area contributed by atoms with E-state index in [1.165, 1.54) is 25.4 Å². The molecule has 1 aromatic carbocycles. The molecule has 0 fully saturated rings. The second kappa shape index (κ2) is 7.24.